The zero-order valence-corrected chi connectivity index (χ0v) is 22.3. The molecule has 0 aliphatic heterocycles. The van der Waals surface area contributed by atoms with Gasteiger partial charge in [0.05, 0.1) is 6.10 Å². The van der Waals surface area contributed by atoms with Crippen LogP contribution in [0.3, 0.4) is 0 Å². The number of fused-ring (bicyclic) bond motifs is 4. The van der Waals surface area contributed by atoms with E-state index in [1.807, 2.05) is 0 Å². The lowest BCUT2D eigenvalue weighted by atomic mass is 9.43. The molecular weight excluding hydrogens is 392 g/mol. The van der Waals surface area contributed by atoms with Gasteiger partial charge in [0.25, 0.3) is 0 Å². The second-order valence-electron chi connectivity index (χ2n) is 14.0. The molecule has 0 saturated heterocycles. The van der Waals surface area contributed by atoms with Gasteiger partial charge in [-0.1, -0.05) is 80.2 Å². The zero-order valence-electron chi connectivity index (χ0n) is 22.3. The number of allylic oxidation sites excluding steroid dienone is 2. The summed E-state index contributed by atoms with van der Waals surface area (Å²) in [5.41, 5.74) is 2.93. The zero-order chi connectivity index (χ0) is 23.7. The van der Waals surface area contributed by atoms with E-state index in [-0.39, 0.29) is 33.7 Å². The van der Waals surface area contributed by atoms with Crippen molar-refractivity contribution in [3.8, 4) is 0 Å². The van der Waals surface area contributed by atoms with Crippen molar-refractivity contribution in [1.29, 1.82) is 0 Å². The van der Waals surface area contributed by atoms with Crippen molar-refractivity contribution in [3.05, 3.63) is 11.1 Å². The van der Waals surface area contributed by atoms with Crippen molar-refractivity contribution in [2.75, 3.05) is 0 Å². The van der Waals surface area contributed by atoms with Crippen LogP contribution >= 0.6 is 0 Å². The molecule has 0 unspecified atom stereocenters. The molecular formula is C30H50O2. The summed E-state index contributed by atoms with van der Waals surface area (Å²) < 4.78 is 0. The minimum absolute atomic E-state index is 0.0306. The lowest BCUT2D eigenvalue weighted by Gasteiger charge is -2.61. The van der Waals surface area contributed by atoms with E-state index in [1.54, 1.807) is 0 Å². The van der Waals surface area contributed by atoms with Crippen molar-refractivity contribution >= 4 is 5.78 Å². The van der Waals surface area contributed by atoms with Gasteiger partial charge >= 0.3 is 0 Å². The van der Waals surface area contributed by atoms with Gasteiger partial charge in [-0.15, -0.1) is 0 Å². The van der Waals surface area contributed by atoms with E-state index >= 15 is 0 Å². The van der Waals surface area contributed by atoms with E-state index in [4.69, 9.17) is 0 Å². The van der Waals surface area contributed by atoms with E-state index in [9.17, 15) is 9.90 Å². The fourth-order valence-electron chi connectivity index (χ4n) is 9.35. The smallest absolute Gasteiger partial charge is 0.159 e. The molecule has 2 heteroatoms. The number of carbonyl (C=O) groups excluding carboxylic acids is 1. The van der Waals surface area contributed by atoms with Crippen molar-refractivity contribution in [3.63, 3.8) is 0 Å². The van der Waals surface area contributed by atoms with Crippen LogP contribution in [0.4, 0.5) is 0 Å². The monoisotopic (exact) mass is 442 g/mol. The van der Waals surface area contributed by atoms with Crippen molar-refractivity contribution in [1.82, 2.24) is 0 Å². The van der Waals surface area contributed by atoms with Crippen LogP contribution in [-0.2, 0) is 4.79 Å². The highest BCUT2D eigenvalue weighted by Crippen LogP contribution is 2.71. The van der Waals surface area contributed by atoms with Crippen LogP contribution in [0.25, 0.3) is 0 Å². The van der Waals surface area contributed by atoms with Crippen LogP contribution < -0.4 is 0 Å². The summed E-state index contributed by atoms with van der Waals surface area (Å²) in [5, 5.41) is 10.8. The Bertz CT molecular complexity index is 791. The highest BCUT2D eigenvalue weighted by atomic mass is 16.3. The van der Waals surface area contributed by atoms with Gasteiger partial charge in [-0.3, -0.25) is 4.79 Å². The van der Waals surface area contributed by atoms with Crippen LogP contribution in [0.1, 0.15) is 120 Å². The number of hydrogen-bond acceptors (Lipinski definition) is 2. The van der Waals surface area contributed by atoms with Crippen LogP contribution in [0.5, 0.6) is 0 Å². The van der Waals surface area contributed by atoms with Gasteiger partial charge in [0.2, 0.25) is 0 Å². The molecule has 0 amide bonds. The molecule has 0 bridgehead atoms. The second kappa shape index (κ2) is 7.96. The number of Topliss-reactive ketones (excluding diaryl/α,β-unsaturated/α-hetero) is 1. The van der Waals surface area contributed by atoms with Gasteiger partial charge in [-0.25, -0.2) is 0 Å². The summed E-state index contributed by atoms with van der Waals surface area (Å²) >= 11 is 0. The number of ketones is 1. The van der Waals surface area contributed by atoms with Gasteiger partial charge in [-0.05, 0) is 78.4 Å². The lowest BCUT2D eigenvalue weighted by Crippen LogP contribution is -2.57. The molecule has 7 atom stereocenters. The number of rotatable bonds is 5. The third kappa shape index (κ3) is 3.32. The number of carbonyl (C=O) groups is 1. The molecule has 0 heterocycles. The molecule has 2 fully saturated rings. The molecule has 4 aliphatic carbocycles. The lowest BCUT2D eigenvalue weighted by molar-refractivity contribution is -0.134. The molecule has 2 nitrogen and oxygen atoms in total. The van der Waals surface area contributed by atoms with Gasteiger partial charge in [-0.2, -0.15) is 0 Å². The number of aliphatic hydroxyl groups excluding tert-OH is 1. The Morgan fingerprint density at radius 1 is 0.969 bits per heavy atom. The van der Waals surface area contributed by atoms with Gasteiger partial charge < -0.3 is 5.11 Å². The van der Waals surface area contributed by atoms with Crippen LogP contribution in [0, 0.1) is 45.3 Å². The maximum atomic E-state index is 13.9. The van der Waals surface area contributed by atoms with Crippen LogP contribution in [0.15, 0.2) is 11.1 Å². The molecule has 0 aromatic rings. The third-order valence-electron chi connectivity index (χ3n) is 11.7. The van der Waals surface area contributed by atoms with E-state index in [2.05, 4.69) is 55.4 Å². The topological polar surface area (TPSA) is 37.3 Å². The summed E-state index contributed by atoms with van der Waals surface area (Å²) in [5.74, 6) is 2.96. The average Bonchev–Trinajstić information content (AvgIpc) is 2.98. The van der Waals surface area contributed by atoms with Gasteiger partial charge in [0, 0.05) is 17.4 Å². The molecule has 4 rings (SSSR count). The summed E-state index contributed by atoms with van der Waals surface area (Å²) in [4.78, 5) is 13.9. The Morgan fingerprint density at radius 3 is 2.31 bits per heavy atom. The maximum absolute atomic E-state index is 13.9. The predicted molar refractivity (Wildman–Crippen MR) is 133 cm³/mol. The highest BCUT2D eigenvalue weighted by molar-refractivity contribution is 5.99. The normalized spacial score (nSPS) is 44.3. The molecule has 0 radical (unpaired) electrons. The number of hydrogen-bond donors (Lipinski definition) is 1. The Morgan fingerprint density at radius 2 is 1.66 bits per heavy atom. The molecule has 182 valence electrons. The van der Waals surface area contributed by atoms with Crippen LogP contribution in [0.2, 0.25) is 0 Å². The molecule has 0 aromatic carbocycles. The SMILES string of the molecule is CC(C)CCC[C@@H](C)[C@H]1CC[C@@]2(C)C3=C(CC[C@]12C)[C@@]1(C)CC[C@H](O)C(C)(C)[C@@H]1CC3=O. The van der Waals surface area contributed by atoms with E-state index in [0.29, 0.717) is 12.2 Å². The molecule has 0 spiro atoms. The third-order valence-corrected chi connectivity index (χ3v) is 11.7. The second-order valence-corrected chi connectivity index (χ2v) is 14.0. The first-order valence-electron chi connectivity index (χ1n) is 13.7. The fourth-order valence-corrected chi connectivity index (χ4v) is 9.35. The summed E-state index contributed by atoms with van der Waals surface area (Å²) in [6, 6.07) is 0. The standard InChI is InChI=1S/C30H50O2/c1-19(2)10-9-11-20(3)21-12-17-30(8)26-22(13-16-29(21,30)7)28(6)15-14-25(32)27(4,5)24(28)18-23(26)31/h19-21,24-25,32H,9-18H2,1-8H3/t20-,21-,24+,25+,28-,29-,30+/m1/s1. The number of aliphatic hydroxyl groups is 1. The quantitative estimate of drug-likeness (QED) is 0.473. The van der Waals surface area contributed by atoms with E-state index in [0.717, 1.165) is 37.0 Å². The first-order valence-corrected chi connectivity index (χ1v) is 13.7. The molecule has 2 saturated carbocycles. The van der Waals surface area contributed by atoms with E-state index < -0.39 is 0 Å². The Balaban J connectivity index is 1.68. The van der Waals surface area contributed by atoms with Gasteiger partial charge in [0.15, 0.2) is 5.78 Å². The van der Waals surface area contributed by atoms with Crippen LogP contribution in [-0.4, -0.2) is 17.0 Å². The minimum atomic E-state index is -0.289. The molecule has 32 heavy (non-hydrogen) atoms. The average molecular weight is 443 g/mol. The van der Waals surface area contributed by atoms with Crippen molar-refractivity contribution < 1.29 is 9.90 Å². The van der Waals surface area contributed by atoms with Gasteiger partial charge in [0.1, 0.15) is 0 Å². The van der Waals surface area contributed by atoms with E-state index in [1.165, 1.54) is 49.7 Å². The summed E-state index contributed by atoms with van der Waals surface area (Å²) in [6.45, 7) is 19.0. The predicted octanol–water partition coefficient (Wildman–Crippen LogP) is 7.74. The summed E-state index contributed by atoms with van der Waals surface area (Å²) in [6.07, 6.45) is 11.1. The fraction of sp³-hybridized carbons (Fsp3) is 0.900. The maximum Gasteiger partial charge on any atom is 0.159 e. The Labute approximate surface area is 198 Å². The molecule has 1 N–H and O–H groups in total. The first kappa shape index (κ1) is 24.5. The molecule has 0 aromatic heterocycles. The highest BCUT2D eigenvalue weighted by Gasteiger charge is 2.65. The largest absolute Gasteiger partial charge is 0.393 e. The Hall–Kier alpha value is -0.630. The first-order chi connectivity index (χ1) is 14.8. The summed E-state index contributed by atoms with van der Waals surface area (Å²) in [7, 11) is 0. The Kier molecular flexibility index (Phi) is 6.09. The minimum Gasteiger partial charge on any atom is -0.393 e. The van der Waals surface area contributed by atoms with Crippen molar-refractivity contribution in [2.24, 2.45) is 45.3 Å². The van der Waals surface area contributed by atoms with Crippen molar-refractivity contribution in [2.45, 2.75) is 126 Å². The molecule has 4 aliphatic rings.